The maximum atomic E-state index is 9.00. The second-order valence-corrected chi connectivity index (χ2v) is 2.22. The van der Waals surface area contributed by atoms with Gasteiger partial charge in [0.15, 0.2) is 0 Å². The van der Waals surface area contributed by atoms with Gasteiger partial charge in [-0.1, -0.05) is 0 Å². The fourth-order valence-electron chi connectivity index (χ4n) is 0.831. The van der Waals surface area contributed by atoms with Gasteiger partial charge in [0.25, 0.3) is 0 Å². The van der Waals surface area contributed by atoms with Crippen LogP contribution in [0.3, 0.4) is 0 Å². The highest BCUT2D eigenvalue weighted by Gasteiger charge is 2.12. The molecule has 0 radical (unpaired) electrons. The van der Waals surface area contributed by atoms with Crippen molar-refractivity contribution in [3.05, 3.63) is 0 Å². The van der Waals surface area contributed by atoms with Crippen molar-refractivity contribution < 1.29 is 5.11 Å². The first-order valence-corrected chi connectivity index (χ1v) is 3.24. The number of nitrogens with one attached hydrogen (secondary N) is 2. The highest BCUT2D eigenvalue weighted by atomic mass is 16.3. The molecule has 4 nitrogen and oxygen atoms in total. The molecule has 1 aliphatic heterocycles. The molecule has 9 heavy (non-hydrogen) atoms. The fraction of sp³-hybridized carbons (Fsp3) is 1.00. The zero-order chi connectivity index (χ0) is 6.69. The lowest BCUT2D eigenvalue weighted by atomic mass is 10.4. The summed E-state index contributed by atoms with van der Waals surface area (Å²) in [5, 5.41) is 10.8. The molecule has 0 aromatic heterocycles. The van der Waals surface area contributed by atoms with Crippen LogP contribution < -0.4 is 11.0 Å². The Morgan fingerprint density at radius 2 is 2.44 bits per heavy atom. The molecule has 0 spiro atoms. The Balaban J connectivity index is 2.23. The number of aliphatic hydroxyl groups is 1. The number of aliphatic hydroxyl groups excluding tert-OH is 1. The summed E-state index contributed by atoms with van der Waals surface area (Å²) in [7, 11) is 0. The summed E-state index contributed by atoms with van der Waals surface area (Å²) in [6, 6.07) is 0. The normalized spacial score (nSPS) is 26.0. The van der Waals surface area contributed by atoms with Gasteiger partial charge in [0.05, 0.1) is 0 Å². The maximum absolute atomic E-state index is 9.00. The third kappa shape index (κ3) is 1.91. The summed E-state index contributed by atoms with van der Waals surface area (Å²) in [5.41, 5.74) is 5.78. The summed E-state index contributed by atoms with van der Waals surface area (Å²) in [5.74, 6) is 0. The lowest BCUT2D eigenvalue weighted by molar-refractivity contribution is -0.0460. The molecule has 54 valence electrons. The molecule has 0 unspecified atom stereocenters. The van der Waals surface area contributed by atoms with Gasteiger partial charge in [-0.2, -0.15) is 5.53 Å². The Morgan fingerprint density at radius 1 is 1.67 bits per heavy atom. The first-order chi connectivity index (χ1) is 4.30. The van der Waals surface area contributed by atoms with Gasteiger partial charge in [-0.15, -0.1) is 0 Å². The van der Waals surface area contributed by atoms with E-state index in [1.807, 2.05) is 0 Å². The Kier molecular flexibility index (Phi) is 2.41. The van der Waals surface area contributed by atoms with Gasteiger partial charge in [0.2, 0.25) is 0 Å². The van der Waals surface area contributed by atoms with E-state index in [1.165, 1.54) is 0 Å². The van der Waals surface area contributed by atoms with Crippen molar-refractivity contribution in [2.45, 2.75) is 19.6 Å². The molecule has 0 amide bonds. The van der Waals surface area contributed by atoms with Gasteiger partial charge in [0.1, 0.15) is 6.23 Å². The molecule has 3 N–H and O–H groups in total. The number of nitrogens with zero attached hydrogens (tertiary/aromatic N) is 1. The Labute approximate surface area is 54.8 Å². The first kappa shape index (κ1) is 6.95. The number of hydrazine groups is 2. The highest BCUT2D eigenvalue weighted by molar-refractivity contribution is 4.57. The predicted molar refractivity (Wildman–Crippen MR) is 34.1 cm³/mol. The number of rotatable bonds is 1. The first-order valence-electron chi connectivity index (χ1n) is 3.24. The van der Waals surface area contributed by atoms with Gasteiger partial charge in [-0.05, 0) is 13.3 Å². The van der Waals surface area contributed by atoms with E-state index in [9.17, 15) is 0 Å². The van der Waals surface area contributed by atoms with Gasteiger partial charge >= 0.3 is 0 Å². The van der Waals surface area contributed by atoms with Crippen LogP contribution in [0.25, 0.3) is 0 Å². The van der Waals surface area contributed by atoms with Gasteiger partial charge in [-0.3, -0.25) is 0 Å². The quantitative estimate of drug-likeness (QED) is 0.429. The summed E-state index contributed by atoms with van der Waals surface area (Å²) in [6.45, 7) is 3.62. The molecule has 0 bridgehead atoms. The van der Waals surface area contributed by atoms with Crippen molar-refractivity contribution in [3.63, 3.8) is 0 Å². The van der Waals surface area contributed by atoms with E-state index in [0.29, 0.717) is 0 Å². The van der Waals surface area contributed by atoms with Crippen molar-refractivity contribution in [2.75, 3.05) is 13.1 Å². The SMILES string of the molecule is C[C@H](O)N1CCCNN1. The molecule has 0 aliphatic carbocycles. The van der Waals surface area contributed by atoms with E-state index in [0.717, 1.165) is 19.5 Å². The van der Waals surface area contributed by atoms with Crippen LogP contribution in [0.15, 0.2) is 0 Å². The van der Waals surface area contributed by atoms with E-state index in [4.69, 9.17) is 5.11 Å². The van der Waals surface area contributed by atoms with E-state index >= 15 is 0 Å². The van der Waals surface area contributed by atoms with Crippen molar-refractivity contribution in [1.29, 1.82) is 0 Å². The largest absolute Gasteiger partial charge is 0.377 e. The summed E-state index contributed by atoms with van der Waals surface area (Å²) >= 11 is 0. The standard InChI is InChI=1S/C5H13N3O/c1-5(9)8-4-2-3-6-7-8/h5-7,9H,2-4H2,1H3/t5-/m0/s1. The second kappa shape index (κ2) is 3.12. The van der Waals surface area contributed by atoms with E-state index in [1.54, 1.807) is 11.9 Å². The number of hydrogen-bond acceptors (Lipinski definition) is 4. The van der Waals surface area contributed by atoms with Crippen LogP contribution in [0, 0.1) is 0 Å². The molecule has 0 aromatic carbocycles. The van der Waals surface area contributed by atoms with E-state index in [-0.39, 0.29) is 0 Å². The Hall–Kier alpha value is -0.160. The topological polar surface area (TPSA) is 47.5 Å². The highest BCUT2D eigenvalue weighted by Crippen LogP contribution is 1.94. The zero-order valence-electron chi connectivity index (χ0n) is 5.59. The molecule has 1 saturated heterocycles. The van der Waals surface area contributed by atoms with Crippen LogP contribution in [0.2, 0.25) is 0 Å². The summed E-state index contributed by atoms with van der Waals surface area (Å²) < 4.78 is 0. The average Bonchev–Trinajstić information content (AvgIpc) is 1.90. The van der Waals surface area contributed by atoms with Crippen LogP contribution in [0.4, 0.5) is 0 Å². The molecular formula is C5H13N3O. The monoisotopic (exact) mass is 131 g/mol. The molecule has 0 aromatic rings. The lowest BCUT2D eigenvalue weighted by Gasteiger charge is -2.30. The Bertz CT molecular complexity index is 80.3. The van der Waals surface area contributed by atoms with Gasteiger partial charge < -0.3 is 5.11 Å². The number of hydrogen-bond donors (Lipinski definition) is 3. The average molecular weight is 131 g/mol. The van der Waals surface area contributed by atoms with Crippen molar-refractivity contribution in [2.24, 2.45) is 0 Å². The smallest absolute Gasteiger partial charge is 0.118 e. The minimum absolute atomic E-state index is 0.405. The summed E-state index contributed by atoms with van der Waals surface area (Å²) in [4.78, 5) is 0. The van der Waals surface area contributed by atoms with E-state index in [2.05, 4.69) is 11.0 Å². The van der Waals surface area contributed by atoms with Crippen LogP contribution >= 0.6 is 0 Å². The third-order valence-electron chi connectivity index (χ3n) is 1.37. The van der Waals surface area contributed by atoms with E-state index < -0.39 is 6.23 Å². The minimum Gasteiger partial charge on any atom is -0.377 e. The minimum atomic E-state index is -0.405. The van der Waals surface area contributed by atoms with Crippen LogP contribution in [0.1, 0.15) is 13.3 Å². The van der Waals surface area contributed by atoms with Crippen LogP contribution in [-0.2, 0) is 0 Å². The molecule has 1 rings (SSSR count). The molecule has 1 fully saturated rings. The molecule has 4 heteroatoms. The molecule has 1 heterocycles. The van der Waals surface area contributed by atoms with Crippen molar-refractivity contribution >= 4 is 0 Å². The molecule has 1 atom stereocenters. The molecule has 0 saturated carbocycles. The zero-order valence-corrected chi connectivity index (χ0v) is 5.59. The predicted octanol–water partition coefficient (Wildman–Crippen LogP) is -0.960. The lowest BCUT2D eigenvalue weighted by Crippen LogP contribution is -2.55. The summed E-state index contributed by atoms with van der Waals surface area (Å²) in [6.07, 6.45) is 0.676. The second-order valence-electron chi connectivity index (χ2n) is 2.22. The van der Waals surface area contributed by atoms with Gasteiger partial charge in [0, 0.05) is 13.1 Å². The maximum Gasteiger partial charge on any atom is 0.118 e. The molecule has 1 aliphatic rings. The van der Waals surface area contributed by atoms with Crippen LogP contribution in [-0.4, -0.2) is 29.4 Å². The van der Waals surface area contributed by atoms with Crippen molar-refractivity contribution in [1.82, 2.24) is 16.0 Å². The fourth-order valence-corrected chi connectivity index (χ4v) is 0.831. The van der Waals surface area contributed by atoms with Crippen molar-refractivity contribution in [3.8, 4) is 0 Å². The van der Waals surface area contributed by atoms with Gasteiger partial charge in [-0.25, -0.2) is 10.4 Å². The third-order valence-corrected chi connectivity index (χ3v) is 1.37. The Morgan fingerprint density at radius 3 is 2.78 bits per heavy atom. The molecular weight excluding hydrogens is 118 g/mol. The van der Waals surface area contributed by atoms with Crippen LogP contribution in [0.5, 0.6) is 0 Å².